The van der Waals surface area contributed by atoms with E-state index in [9.17, 15) is 5.11 Å². The molecule has 150 valence electrons. The molecule has 1 aromatic carbocycles. The van der Waals surface area contributed by atoms with Crippen LogP contribution in [-0.2, 0) is 0 Å². The molecule has 28 heavy (non-hydrogen) atoms. The van der Waals surface area contributed by atoms with Gasteiger partial charge in [0.25, 0.3) is 0 Å². The fraction of sp³-hybridized carbons (Fsp3) is 0.450. The summed E-state index contributed by atoms with van der Waals surface area (Å²) in [6.07, 6.45) is -0.542. The van der Waals surface area contributed by atoms with Crippen molar-refractivity contribution in [2.24, 2.45) is 4.99 Å². The largest absolute Gasteiger partial charge is 0.391 e. The number of halogens is 1. The summed E-state index contributed by atoms with van der Waals surface area (Å²) in [6.45, 7) is 10.4. The van der Waals surface area contributed by atoms with Gasteiger partial charge in [-0.05, 0) is 51.0 Å². The number of aliphatic hydroxyl groups is 1. The first-order chi connectivity index (χ1) is 13.3. The Kier molecular flexibility index (Phi) is 6.05. The second-order valence-corrected chi connectivity index (χ2v) is 7.97. The van der Waals surface area contributed by atoms with Crippen LogP contribution in [0.2, 0.25) is 5.02 Å². The van der Waals surface area contributed by atoms with Crippen LogP contribution in [0.4, 0.5) is 11.5 Å². The first-order valence-electron chi connectivity index (χ1n) is 9.49. The third-order valence-corrected chi connectivity index (χ3v) is 4.61. The summed E-state index contributed by atoms with van der Waals surface area (Å²) >= 11 is 6.00. The fourth-order valence-corrected chi connectivity index (χ4v) is 3.17. The van der Waals surface area contributed by atoms with Crippen molar-refractivity contribution in [3.05, 3.63) is 40.6 Å². The van der Waals surface area contributed by atoms with Crippen molar-refractivity contribution < 1.29 is 5.11 Å². The van der Waals surface area contributed by atoms with Gasteiger partial charge in [-0.15, -0.1) is 0 Å². The van der Waals surface area contributed by atoms with Crippen LogP contribution in [0.5, 0.6) is 0 Å². The predicted molar refractivity (Wildman–Crippen MR) is 113 cm³/mol. The SMILES string of the molecule is CC(O)CN=c1nc(Nc2ccc(Cl)cc2)c2n[nH]c(C(C)C)c2n1C(C)C. The molecular formula is C20H27ClN6O. The summed E-state index contributed by atoms with van der Waals surface area (Å²) < 4.78 is 2.07. The second kappa shape index (κ2) is 8.32. The minimum atomic E-state index is -0.542. The first kappa shape index (κ1) is 20.4. The molecule has 1 unspecified atom stereocenters. The number of nitrogens with one attached hydrogen (secondary N) is 2. The Morgan fingerprint density at radius 2 is 1.86 bits per heavy atom. The van der Waals surface area contributed by atoms with Crippen molar-refractivity contribution in [3.63, 3.8) is 0 Å². The molecule has 0 fully saturated rings. The number of hydrogen-bond acceptors (Lipinski definition) is 5. The van der Waals surface area contributed by atoms with E-state index in [0.717, 1.165) is 22.4 Å². The number of hydrogen-bond donors (Lipinski definition) is 3. The number of anilines is 2. The summed E-state index contributed by atoms with van der Waals surface area (Å²) in [6, 6.07) is 7.55. The van der Waals surface area contributed by atoms with Gasteiger partial charge in [0, 0.05) is 16.8 Å². The lowest BCUT2D eigenvalue weighted by atomic mass is 10.1. The molecule has 0 spiro atoms. The topological polar surface area (TPSA) is 91.1 Å². The maximum Gasteiger partial charge on any atom is 0.227 e. The van der Waals surface area contributed by atoms with E-state index in [0.29, 0.717) is 16.5 Å². The average molecular weight is 403 g/mol. The summed E-state index contributed by atoms with van der Waals surface area (Å²) in [7, 11) is 0. The Balaban J connectivity index is 2.27. The van der Waals surface area contributed by atoms with Crippen molar-refractivity contribution in [3.8, 4) is 0 Å². The van der Waals surface area contributed by atoms with Gasteiger partial charge in [-0.3, -0.25) is 5.10 Å². The lowest BCUT2D eigenvalue weighted by Crippen LogP contribution is -2.29. The van der Waals surface area contributed by atoms with Crippen molar-refractivity contribution in [2.45, 2.75) is 52.7 Å². The van der Waals surface area contributed by atoms with E-state index >= 15 is 0 Å². The number of aliphatic hydroxyl groups excluding tert-OH is 1. The van der Waals surface area contributed by atoms with Gasteiger partial charge in [-0.2, -0.15) is 10.1 Å². The highest BCUT2D eigenvalue weighted by atomic mass is 35.5. The van der Waals surface area contributed by atoms with E-state index in [1.54, 1.807) is 6.92 Å². The summed E-state index contributed by atoms with van der Waals surface area (Å²) in [5.41, 5.74) is 4.17. The van der Waals surface area contributed by atoms with E-state index in [1.807, 2.05) is 24.3 Å². The van der Waals surface area contributed by atoms with E-state index in [-0.39, 0.29) is 18.5 Å². The number of benzene rings is 1. The molecule has 0 saturated heterocycles. The number of aromatic nitrogens is 4. The predicted octanol–water partition coefficient (Wildman–Crippen LogP) is 4.14. The summed E-state index contributed by atoms with van der Waals surface area (Å²) in [5.74, 6) is 0.868. The number of nitrogens with zero attached hydrogens (tertiary/aromatic N) is 4. The van der Waals surface area contributed by atoms with Crippen molar-refractivity contribution in [2.75, 3.05) is 11.9 Å². The van der Waals surface area contributed by atoms with E-state index in [2.05, 4.69) is 52.8 Å². The van der Waals surface area contributed by atoms with Crippen LogP contribution < -0.4 is 10.9 Å². The van der Waals surface area contributed by atoms with Crippen LogP contribution in [-0.4, -0.2) is 37.5 Å². The quantitative estimate of drug-likeness (QED) is 0.577. The lowest BCUT2D eigenvalue weighted by molar-refractivity contribution is 0.202. The molecule has 0 aliphatic rings. The molecule has 2 heterocycles. The fourth-order valence-electron chi connectivity index (χ4n) is 3.04. The highest BCUT2D eigenvalue weighted by Gasteiger charge is 2.20. The Hall–Kier alpha value is -2.38. The molecule has 0 bridgehead atoms. The van der Waals surface area contributed by atoms with Gasteiger partial charge in [-0.1, -0.05) is 25.4 Å². The van der Waals surface area contributed by atoms with Gasteiger partial charge in [-0.25, -0.2) is 4.99 Å². The number of aromatic amines is 1. The van der Waals surface area contributed by atoms with E-state index in [4.69, 9.17) is 16.6 Å². The summed E-state index contributed by atoms with van der Waals surface area (Å²) in [4.78, 5) is 9.32. The molecular weight excluding hydrogens is 376 g/mol. The molecule has 3 aromatic rings. The monoisotopic (exact) mass is 402 g/mol. The zero-order valence-corrected chi connectivity index (χ0v) is 17.6. The van der Waals surface area contributed by atoms with Crippen molar-refractivity contribution in [1.82, 2.24) is 19.7 Å². The Labute approximate surface area is 169 Å². The van der Waals surface area contributed by atoms with Gasteiger partial charge in [0.15, 0.2) is 11.3 Å². The number of fused-ring (bicyclic) bond motifs is 1. The molecule has 0 amide bonds. The average Bonchev–Trinajstić information content (AvgIpc) is 3.06. The van der Waals surface area contributed by atoms with Crippen LogP contribution in [0.3, 0.4) is 0 Å². The Morgan fingerprint density at radius 1 is 1.18 bits per heavy atom. The molecule has 0 aliphatic heterocycles. The van der Waals surface area contributed by atoms with Crippen LogP contribution in [0.1, 0.15) is 52.3 Å². The van der Waals surface area contributed by atoms with Gasteiger partial charge in [0.1, 0.15) is 0 Å². The highest BCUT2D eigenvalue weighted by molar-refractivity contribution is 6.30. The highest BCUT2D eigenvalue weighted by Crippen LogP contribution is 2.29. The van der Waals surface area contributed by atoms with E-state index < -0.39 is 6.10 Å². The third kappa shape index (κ3) is 4.20. The van der Waals surface area contributed by atoms with Gasteiger partial charge >= 0.3 is 0 Å². The van der Waals surface area contributed by atoms with Crippen molar-refractivity contribution in [1.29, 1.82) is 0 Å². The lowest BCUT2D eigenvalue weighted by Gasteiger charge is -2.17. The minimum Gasteiger partial charge on any atom is -0.391 e. The number of rotatable bonds is 6. The Morgan fingerprint density at radius 3 is 2.43 bits per heavy atom. The number of H-pyrrole nitrogens is 1. The molecule has 2 aromatic heterocycles. The van der Waals surface area contributed by atoms with Gasteiger partial charge < -0.3 is 15.0 Å². The first-order valence-corrected chi connectivity index (χ1v) is 9.87. The summed E-state index contributed by atoms with van der Waals surface area (Å²) in [5, 5.41) is 21.4. The zero-order chi connectivity index (χ0) is 20.4. The van der Waals surface area contributed by atoms with E-state index in [1.165, 1.54) is 0 Å². The van der Waals surface area contributed by atoms with Crippen LogP contribution in [0, 0.1) is 0 Å². The third-order valence-electron chi connectivity index (χ3n) is 4.36. The van der Waals surface area contributed by atoms with Gasteiger partial charge in [0.2, 0.25) is 5.62 Å². The molecule has 0 aliphatic carbocycles. The Bertz CT molecular complexity index is 1020. The molecule has 0 saturated carbocycles. The maximum atomic E-state index is 9.71. The van der Waals surface area contributed by atoms with Crippen LogP contribution in [0.25, 0.3) is 11.0 Å². The van der Waals surface area contributed by atoms with Gasteiger partial charge in [0.05, 0.1) is 23.9 Å². The zero-order valence-electron chi connectivity index (χ0n) is 16.9. The normalized spacial score (nSPS) is 13.7. The van der Waals surface area contributed by atoms with Crippen LogP contribution >= 0.6 is 11.6 Å². The molecule has 8 heteroatoms. The smallest absolute Gasteiger partial charge is 0.227 e. The van der Waals surface area contributed by atoms with Crippen LogP contribution in [0.15, 0.2) is 29.3 Å². The molecule has 7 nitrogen and oxygen atoms in total. The second-order valence-electron chi connectivity index (χ2n) is 7.53. The van der Waals surface area contributed by atoms with Crippen molar-refractivity contribution >= 4 is 34.1 Å². The molecule has 1 atom stereocenters. The molecule has 3 N–H and O–H groups in total. The maximum absolute atomic E-state index is 9.71. The molecule has 0 radical (unpaired) electrons. The molecule has 3 rings (SSSR count). The standard InChI is InChI=1S/C20H27ClN6O/c1-11(2)16-18-17(26-25-16)19(23-15-8-6-14(21)7-9-15)24-20(22-10-13(5)28)27(18)12(3)4/h6-9,11-13,28H,10H2,1-5H3,(H,25,26)(H,22,23,24). The minimum absolute atomic E-state index is 0.127.